The molecule has 0 aromatic heterocycles. The van der Waals surface area contributed by atoms with E-state index < -0.39 is 6.04 Å². The number of ketones is 1. The van der Waals surface area contributed by atoms with Crippen LogP contribution in [0.1, 0.15) is 52.9 Å². The van der Waals surface area contributed by atoms with Crippen LogP contribution in [0.5, 0.6) is 0 Å². The van der Waals surface area contributed by atoms with Crippen molar-refractivity contribution in [3.05, 3.63) is 0 Å². The Morgan fingerprint density at radius 1 is 1.00 bits per heavy atom. The van der Waals surface area contributed by atoms with Crippen molar-refractivity contribution < 1.29 is 19.2 Å². The Hall–Kier alpha value is -1.76. The van der Waals surface area contributed by atoms with Crippen molar-refractivity contribution in [2.75, 3.05) is 13.6 Å². The maximum absolute atomic E-state index is 11.8. The molecule has 0 heterocycles. The molecule has 7 heteroatoms. The first-order valence-electron chi connectivity index (χ1n) is 8.51. The normalized spacial score (nSPS) is 13.2. The molecule has 0 bridgehead atoms. The van der Waals surface area contributed by atoms with Crippen LogP contribution in [0.4, 0.5) is 0 Å². The van der Waals surface area contributed by atoms with E-state index in [1.807, 2.05) is 13.8 Å². The Kier molecular flexibility index (Phi) is 11.7. The fourth-order valence-corrected chi connectivity index (χ4v) is 2.19. The highest BCUT2D eigenvalue weighted by atomic mass is 16.2. The maximum Gasteiger partial charge on any atom is 0.242 e. The minimum absolute atomic E-state index is 0.0209. The van der Waals surface area contributed by atoms with E-state index in [0.717, 1.165) is 6.29 Å². The molecule has 0 radical (unpaired) electrons. The number of nitrogens with one attached hydrogen (secondary N) is 3. The van der Waals surface area contributed by atoms with Crippen LogP contribution < -0.4 is 16.0 Å². The van der Waals surface area contributed by atoms with Crippen molar-refractivity contribution in [2.45, 2.75) is 65.0 Å². The van der Waals surface area contributed by atoms with Gasteiger partial charge in [-0.15, -0.1) is 0 Å². The zero-order valence-corrected chi connectivity index (χ0v) is 15.2. The van der Waals surface area contributed by atoms with Gasteiger partial charge in [0.05, 0.1) is 0 Å². The molecule has 0 saturated heterocycles. The topological polar surface area (TPSA) is 104 Å². The minimum Gasteiger partial charge on any atom is -0.352 e. The number of carbonyl (C=O) groups excluding carboxylic acids is 4. The van der Waals surface area contributed by atoms with Gasteiger partial charge in [-0.25, -0.2) is 0 Å². The summed E-state index contributed by atoms with van der Waals surface area (Å²) in [6.45, 7) is 5.89. The first-order valence-corrected chi connectivity index (χ1v) is 8.51. The van der Waals surface area contributed by atoms with Gasteiger partial charge in [-0.2, -0.15) is 0 Å². The molecule has 2 amide bonds. The van der Waals surface area contributed by atoms with Gasteiger partial charge in [0.2, 0.25) is 11.8 Å². The molecule has 7 nitrogen and oxygen atoms in total. The molecule has 0 aliphatic heterocycles. The number of hydrogen-bond acceptors (Lipinski definition) is 5. The van der Waals surface area contributed by atoms with E-state index in [1.165, 1.54) is 0 Å². The van der Waals surface area contributed by atoms with Crippen LogP contribution in [0.15, 0.2) is 0 Å². The van der Waals surface area contributed by atoms with Gasteiger partial charge in [-0.05, 0) is 40.7 Å². The van der Waals surface area contributed by atoms with Crippen LogP contribution in [-0.4, -0.2) is 49.6 Å². The largest absolute Gasteiger partial charge is 0.352 e. The molecule has 138 valence electrons. The molecule has 0 fully saturated rings. The summed E-state index contributed by atoms with van der Waals surface area (Å²) in [5, 5.41) is 8.25. The van der Waals surface area contributed by atoms with Gasteiger partial charge in [0, 0.05) is 37.8 Å². The van der Waals surface area contributed by atoms with E-state index in [2.05, 4.69) is 16.0 Å². The predicted molar refractivity (Wildman–Crippen MR) is 92.5 cm³/mol. The third kappa shape index (κ3) is 10.9. The molecular weight excluding hydrogens is 310 g/mol. The highest BCUT2D eigenvalue weighted by Gasteiger charge is 2.16. The fraction of sp³-hybridized carbons (Fsp3) is 0.765. The Labute approximate surface area is 144 Å². The fourth-order valence-electron chi connectivity index (χ4n) is 2.19. The SMILES string of the molecule is CNCC(C=O)CCC(=O)CCCC(=O)N[C@@H](C)C(=O)NC(C)C. The summed E-state index contributed by atoms with van der Waals surface area (Å²) in [5.74, 6) is -0.562. The second kappa shape index (κ2) is 12.6. The molecule has 0 aliphatic carbocycles. The first-order chi connectivity index (χ1) is 11.3. The predicted octanol–water partition coefficient (Wildman–Crippen LogP) is 0.570. The lowest BCUT2D eigenvalue weighted by Gasteiger charge is -2.16. The molecule has 3 N–H and O–H groups in total. The summed E-state index contributed by atoms with van der Waals surface area (Å²) in [5.41, 5.74) is 0. The molecular formula is C17H31N3O4. The van der Waals surface area contributed by atoms with E-state index in [1.54, 1.807) is 14.0 Å². The second-order valence-electron chi connectivity index (χ2n) is 6.34. The summed E-state index contributed by atoms with van der Waals surface area (Å²) in [6.07, 6.45) is 2.70. The molecule has 0 rings (SSSR count). The summed E-state index contributed by atoms with van der Waals surface area (Å²) in [4.78, 5) is 46.0. The van der Waals surface area contributed by atoms with Crippen LogP contribution in [0, 0.1) is 5.92 Å². The number of aldehydes is 1. The summed E-state index contributed by atoms with van der Waals surface area (Å²) < 4.78 is 0. The van der Waals surface area contributed by atoms with E-state index >= 15 is 0 Å². The monoisotopic (exact) mass is 341 g/mol. The number of carbonyl (C=O) groups is 4. The molecule has 0 saturated carbocycles. The molecule has 0 aromatic rings. The lowest BCUT2D eigenvalue weighted by atomic mass is 10.0. The highest BCUT2D eigenvalue weighted by Crippen LogP contribution is 2.07. The highest BCUT2D eigenvalue weighted by molar-refractivity contribution is 5.87. The number of rotatable bonds is 13. The van der Waals surface area contributed by atoms with E-state index in [4.69, 9.17) is 0 Å². The second-order valence-corrected chi connectivity index (χ2v) is 6.34. The van der Waals surface area contributed by atoms with Gasteiger partial charge in [-0.3, -0.25) is 14.4 Å². The zero-order chi connectivity index (χ0) is 18.5. The molecule has 0 spiro atoms. The van der Waals surface area contributed by atoms with Gasteiger partial charge in [0.1, 0.15) is 18.1 Å². The van der Waals surface area contributed by atoms with Crippen LogP contribution in [0.2, 0.25) is 0 Å². The molecule has 24 heavy (non-hydrogen) atoms. The average Bonchev–Trinajstić information content (AvgIpc) is 2.50. The zero-order valence-electron chi connectivity index (χ0n) is 15.2. The van der Waals surface area contributed by atoms with Crippen molar-refractivity contribution in [1.29, 1.82) is 0 Å². The molecule has 1 unspecified atom stereocenters. The smallest absolute Gasteiger partial charge is 0.242 e. The Morgan fingerprint density at radius 2 is 1.67 bits per heavy atom. The van der Waals surface area contributed by atoms with Gasteiger partial charge >= 0.3 is 0 Å². The molecule has 0 aromatic carbocycles. The van der Waals surface area contributed by atoms with Crippen molar-refractivity contribution in [3.8, 4) is 0 Å². The lowest BCUT2D eigenvalue weighted by Crippen LogP contribution is -2.46. The third-order valence-electron chi connectivity index (χ3n) is 3.51. The van der Waals surface area contributed by atoms with Crippen LogP contribution in [-0.2, 0) is 19.2 Å². The third-order valence-corrected chi connectivity index (χ3v) is 3.51. The average molecular weight is 341 g/mol. The minimum atomic E-state index is -0.592. The Balaban J connectivity index is 3.93. The van der Waals surface area contributed by atoms with Crippen molar-refractivity contribution >= 4 is 23.9 Å². The molecule has 0 aliphatic rings. The van der Waals surface area contributed by atoms with Gasteiger partial charge in [-0.1, -0.05) is 0 Å². The standard InChI is InChI=1S/C17H31N3O4/c1-12(2)19-17(24)13(3)20-16(23)7-5-6-15(22)9-8-14(11-21)10-18-4/h11-14,18H,5-10H2,1-4H3,(H,19,24)(H,20,23)/t13-,14?/m0/s1. The summed E-state index contributed by atoms with van der Waals surface area (Å²) >= 11 is 0. The van der Waals surface area contributed by atoms with Gasteiger partial charge in [0.15, 0.2) is 0 Å². The Morgan fingerprint density at radius 3 is 2.21 bits per heavy atom. The van der Waals surface area contributed by atoms with Crippen molar-refractivity contribution in [3.63, 3.8) is 0 Å². The van der Waals surface area contributed by atoms with Gasteiger partial charge < -0.3 is 20.7 Å². The first kappa shape index (κ1) is 22.2. The number of Topliss-reactive ketones (excluding diaryl/α,β-unsaturated/α-hetero) is 1. The quantitative estimate of drug-likeness (QED) is 0.425. The lowest BCUT2D eigenvalue weighted by molar-refractivity contribution is -0.129. The summed E-state index contributed by atoms with van der Waals surface area (Å²) in [7, 11) is 1.76. The number of amides is 2. The van der Waals surface area contributed by atoms with Crippen molar-refractivity contribution in [2.24, 2.45) is 5.92 Å². The number of hydrogen-bond donors (Lipinski definition) is 3. The van der Waals surface area contributed by atoms with E-state index in [0.29, 0.717) is 32.2 Å². The molecule has 2 atom stereocenters. The van der Waals surface area contributed by atoms with Crippen LogP contribution in [0.25, 0.3) is 0 Å². The maximum atomic E-state index is 11.8. The summed E-state index contributed by atoms with van der Waals surface area (Å²) in [6, 6.07) is -0.571. The van der Waals surface area contributed by atoms with Crippen LogP contribution in [0.3, 0.4) is 0 Å². The van der Waals surface area contributed by atoms with E-state index in [-0.39, 0.29) is 36.0 Å². The van der Waals surface area contributed by atoms with Crippen molar-refractivity contribution in [1.82, 2.24) is 16.0 Å². The van der Waals surface area contributed by atoms with Crippen LogP contribution >= 0.6 is 0 Å². The van der Waals surface area contributed by atoms with Gasteiger partial charge in [0.25, 0.3) is 0 Å². The Bertz CT molecular complexity index is 424. The van der Waals surface area contributed by atoms with E-state index in [9.17, 15) is 19.2 Å².